The minimum Gasteiger partial charge on any atom is -0.310 e. The summed E-state index contributed by atoms with van der Waals surface area (Å²) in [5.41, 5.74) is 2.75. The molecule has 0 atom stereocenters. The van der Waals surface area contributed by atoms with E-state index in [2.05, 4.69) is 41.0 Å². The van der Waals surface area contributed by atoms with Crippen LogP contribution in [0.5, 0.6) is 0 Å². The number of carbonyl (C=O) groups excluding carboxylic acids is 1. The predicted molar refractivity (Wildman–Crippen MR) is 120 cm³/mol. The van der Waals surface area contributed by atoms with Crippen molar-refractivity contribution >= 4 is 39.8 Å². The van der Waals surface area contributed by atoms with Crippen LogP contribution in [0.4, 0.5) is 10.1 Å². The summed E-state index contributed by atoms with van der Waals surface area (Å²) in [6.07, 6.45) is 0. The Bertz CT molecular complexity index is 1100. The molecule has 0 saturated heterocycles. The molecule has 0 heterocycles. The van der Waals surface area contributed by atoms with Gasteiger partial charge in [-0.1, -0.05) is 48.8 Å². The van der Waals surface area contributed by atoms with E-state index in [0.717, 1.165) is 14.8 Å². The van der Waals surface area contributed by atoms with Gasteiger partial charge < -0.3 is 4.90 Å². The second kappa shape index (κ2) is 8.85. The average Bonchev–Trinajstić information content (AvgIpc) is 2.72. The van der Waals surface area contributed by atoms with Crippen LogP contribution < -0.4 is 4.90 Å². The average molecular weight is 481 g/mol. The highest BCUT2D eigenvalue weighted by atomic mass is 127. The minimum atomic E-state index is -0.439. The van der Waals surface area contributed by atoms with Gasteiger partial charge in [0.15, 0.2) is 0 Å². The Morgan fingerprint density at radius 3 is 2.39 bits per heavy atom. The molecule has 138 valence electrons. The van der Waals surface area contributed by atoms with Gasteiger partial charge in [0.25, 0.3) is 5.91 Å². The smallest absolute Gasteiger partial charge is 0.258 e. The van der Waals surface area contributed by atoms with E-state index in [1.54, 1.807) is 13.1 Å². The van der Waals surface area contributed by atoms with Crippen LogP contribution in [0, 0.1) is 21.2 Å². The molecule has 0 aliphatic rings. The van der Waals surface area contributed by atoms with Gasteiger partial charge in [0.05, 0.1) is 5.69 Å². The Morgan fingerprint density at radius 1 is 1.00 bits per heavy atom. The van der Waals surface area contributed by atoms with Crippen molar-refractivity contribution in [1.29, 1.82) is 0 Å². The van der Waals surface area contributed by atoms with Gasteiger partial charge in [-0.15, -0.1) is 0 Å². The molecule has 0 aliphatic heterocycles. The van der Waals surface area contributed by atoms with Gasteiger partial charge in [-0.25, -0.2) is 4.39 Å². The lowest BCUT2D eigenvalue weighted by Gasteiger charge is -2.20. The molecule has 0 aromatic heterocycles. The number of halogens is 2. The summed E-state index contributed by atoms with van der Waals surface area (Å²) in [4.78, 5) is 14.5. The molecule has 3 rings (SSSR count). The number of anilines is 1. The topological polar surface area (TPSA) is 20.3 Å². The van der Waals surface area contributed by atoms with Crippen LogP contribution in [0.1, 0.15) is 16.7 Å². The van der Waals surface area contributed by atoms with Crippen LogP contribution in [0.25, 0.3) is 5.57 Å². The van der Waals surface area contributed by atoms with Crippen LogP contribution in [0.2, 0.25) is 0 Å². The van der Waals surface area contributed by atoms with Gasteiger partial charge in [0.1, 0.15) is 5.82 Å². The molecule has 3 aromatic carbocycles. The number of rotatable bonds is 3. The van der Waals surface area contributed by atoms with E-state index in [1.807, 2.05) is 54.6 Å². The van der Waals surface area contributed by atoms with E-state index in [4.69, 9.17) is 0 Å². The fourth-order valence-corrected chi connectivity index (χ4v) is 3.44. The highest BCUT2D eigenvalue weighted by molar-refractivity contribution is 14.1. The number of nitrogens with zero attached hydrogens (tertiary/aromatic N) is 1. The number of likely N-dealkylation sites (N-methyl/N-ethyl adjacent to an activating group) is 1. The van der Waals surface area contributed by atoms with Crippen LogP contribution in [0.15, 0.2) is 79.4 Å². The van der Waals surface area contributed by atoms with E-state index >= 15 is 0 Å². The van der Waals surface area contributed by atoms with E-state index in [9.17, 15) is 9.18 Å². The minimum absolute atomic E-state index is 0.194. The van der Waals surface area contributed by atoms with Crippen LogP contribution >= 0.6 is 22.6 Å². The Hall–Kier alpha value is -2.91. The highest BCUT2D eigenvalue weighted by Gasteiger charge is 2.20. The largest absolute Gasteiger partial charge is 0.310 e. The molecule has 1 amide bonds. The summed E-state index contributed by atoms with van der Waals surface area (Å²) >= 11 is 2.17. The van der Waals surface area contributed by atoms with Crippen molar-refractivity contribution in [2.75, 3.05) is 11.9 Å². The standard InChI is InChI=1S/C24H17FINO/c1-17(24(28)27(2)23-11-7-6-10-22(23)26)21-16-20(25)15-14-19(21)13-12-18-8-4-3-5-9-18/h3-11,14-16H,1H2,2H3. The Morgan fingerprint density at radius 2 is 1.68 bits per heavy atom. The van der Waals surface area contributed by atoms with Gasteiger partial charge >= 0.3 is 0 Å². The molecule has 0 saturated carbocycles. The summed E-state index contributed by atoms with van der Waals surface area (Å²) in [6, 6.07) is 21.2. The van der Waals surface area contributed by atoms with Crippen molar-refractivity contribution in [2.24, 2.45) is 0 Å². The van der Waals surface area contributed by atoms with E-state index in [1.165, 1.54) is 17.0 Å². The molecular weight excluding hydrogens is 464 g/mol. The lowest BCUT2D eigenvalue weighted by atomic mass is 9.99. The molecule has 0 unspecified atom stereocenters. The van der Waals surface area contributed by atoms with Crippen molar-refractivity contribution in [3.8, 4) is 11.8 Å². The number of benzene rings is 3. The molecule has 3 aromatic rings. The first kappa shape index (κ1) is 19.8. The summed E-state index contributed by atoms with van der Waals surface area (Å²) in [6.45, 7) is 3.93. The summed E-state index contributed by atoms with van der Waals surface area (Å²) in [7, 11) is 1.68. The molecule has 0 aliphatic carbocycles. The van der Waals surface area contributed by atoms with Crippen molar-refractivity contribution in [1.82, 2.24) is 0 Å². The zero-order chi connectivity index (χ0) is 20.1. The van der Waals surface area contributed by atoms with Gasteiger partial charge in [-0.2, -0.15) is 0 Å². The SMILES string of the molecule is C=C(C(=O)N(C)c1ccccc1I)c1cc(F)ccc1C#Cc1ccccc1. The maximum Gasteiger partial charge on any atom is 0.258 e. The first-order valence-electron chi connectivity index (χ1n) is 8.56. The molecule has 28 heavy (non-hydrogen) atoms. The normalized spacial score (nSPS) is 9.96. The van der Waals surface area contributed by atoms with Crippen LogP contribution in [0.3, 0.4) is 0 Å². The Labute approximate surface area is 177 Å². The number of hydrogen-bond donors (Lipinski definition) is 0. The number of hydrogen-bond acceptors (Lipinski definition) is 1. The van der Waals surface area contributed by atoms with E-state index in [-0.39, 0.29) is 11.5 Å². The molecule has 2 nitrogen and oxygen atoms in total. The quantitative estimate of drug-likeness (QED) is 0.275. The number of para-hydroxylation sites is 1. The predicted octanol–water partition coefficient (Wildman–Crippen LogP) is 5.51. The lowest BCUT2D eigenvalue weighted by molar-refractivity contribution is -0.113. The van der Waals surface area contributed by atoms with E-state index < -0.39 is 5.82 Å². The fraction of sp³-hybridized carbons (Fsp3) is 0.0417. The van der Waals surface area contributed by atoms with Gasteiger partial charge in [0.2, 0.25) is 0 Å². The van der Waals surface area contributed by atoms with Gasteiger partial charge in [-0.05, 0) is 65.1 Å². The van der Waals surface area contributed by atoms with Crippen molar-refractivity contribution in [3.63, 3.8) is 0 Å². The van der Waals surface area contributed by atoms with E-state index in [0.29, 0.717) is 11.1 Å². The fourth-order valence-electron chi connectivity index (χ4n) is 2.69. The summed E-state index contributed by atoms with van der Waals surface area (Å²) in [5, 5.41) is 0. The van der Waals surface area contributed by atoms with Crippen LogP contribution in [-0.4, -0.2) is 13.0 Å². The second-order valence-electron chi connectivity index (χ2n) is 6.10. The molecular formula is C24H17FINO. The third-order valence-electron chi connectivity index (χ3n) is 4.20. The maximum atomic E-state index is 13.9. The molecule has 0 fully saturated rings. The summed E-state index contributed by atoms with van der Waals surface area (Å²) < 4.78 is 14.8. The highest BCUT2D eigenvalue weighted by Crippen LogP contribution is 2.26. The third-order valence-corrected chi connectivity index (χ3v) is 5.11. The number of amides is 1. The third kappa shape index (κ3) is 4.49. The van der Waals surface area contributed by atoms with Crippen molar-refractivity contribution in [3.05, 3.63) is 105 Å². The molecule has 0 radical (unpaired) electrons. The molecule has 4 heteroatoms. The van der Waals surface area contributed by atoms with Crippen LogP contribution in [-0.2, 0) is 4.79 Å². The lowest BCUT2D eigenvalue weighted by Crippen LogP contribution is -2.27. The number of carbonyl (C=O) groups is 1. The first-order valence-corrected chi connectivity index (χ1v) is 9.63. The van der Waals surface area contributed by atoms with Gasteiger partial charge in [-0.3, -0.25) is 4.79 Å². The monoisotopic (exact) mass is 481 g/mol. The maximum absolute atomic E-state index is 13.9. The molecule has 0 bridgehead atoms. The second-order valence-corrected chi connectivity index (χ2v) is 7.26. The zero-order valence-corrected chi connectivity index (χ0v) is 17.4. The van der Waals surface area contributed by atoms with Crippen molar-refractivity contribution < 1.29 is 9.18 Å². The first-order chi connectivity index (χ1) is 13.5. The van der Waals surface area contributed by atoms with Crippen molar-refractivity contribution in [2.45, 2.75) is 0 Å². The zero-order valence-electron chi connectivity index (χ0n) is 15.2. The summed E-state index contributed by atoms with van der Waals surface area (Å²) in [5.74, 6) is 5.33. The Kier molecular flexibility index (Phi) is 6.27. The molecule has 0 spiro atoms. The molecule has 0 N–H and O–H groups in total. The van der Waals surface area contributed by atoms with Gasteiger partial charge in [0, 0.05) is 32.9 Å². The Balaban J connectivity index is 1.95.